The van der Waals surface area contributed by atoms with E-state index in [2.05, 4.69) is 4.98 Å². The molecule has 0 bridgehead atoms. The Morgan fingerprint density at radius 3 is 2.78 bits per heavy atom. The quantitative estimate of drug-likeness (QED) is 0.656. The minimum atomic E-state index is -1.19. The molecular weight excluding hydrogens is 240 g/mol. The molecule has 92 valence electrons. The predicted molar refractivity (Wildman–Crippen MR) is 61.9 cm³/mol. The summed E-state index contributed by atoms with van der Waals surface area (Å²) in [5, 5.41) is 19.9. The molecule has 7 nitrogen and oxygen atoms in total. The van der Waals surface area contributed by atoms with Crippen LogP contribution in [0.15, 0.2) is 24.4 Å². The van der Waals surface area contributed by atoms with Gasteiger partial charge < -0.3 is 9.84 Å². The molecule has 18 heavy (non-hydrogen) atoms. The predicted octanol–water partition coefficient (Wildman–Crippen LogP) is 1.85. The largest absolute Gasteiger partial charge is 0.494 e. The van der Waals surface area contributed by atoms with E-state index in [4.69, 9.17) is 9.84 Å². The van der Waals surface area contributed by atoms with Gasteiger partial charge in [-0.2, -0.15) is 0 Å². The molecule has 0 unspecified atom stereocenters. The van der Waals surface area contributed by atoms with Crippen molar-refractivity contribution in [1.82, 2.24) is 4.98 Å². The van der Waals surface area contributed by atoms with Gasteiger partial charge in [-0.1, -0.05) is 0 Å². The van der Waals surface area contributed by atoms with Crippen molar-refractivity contribution >= 4 is 22.6 Å². The first-order valence-corrected chi connectivity index (χ1v) is 4.89. The van der Waals surface area contributed by atoms with Gasteiger partial charge >= 0.3 is 5.97 Å². The molecule has 0 amide bonds. The SMILES string of the molecule is COc1ccc([N+](=O)[O-])c2cc(C(=O)O)cnc12. The maximum absolute atomic E-state index is 10.9. The zero-order chi connectivity index (χ0) is 13.3. The highest BCUT2D eigenvalue weighted by molar-refractivity contribution is 5.98. The highest BCUT2D eigenvalue weighted by Gasteiger charge is 2.17. The number of nitro groups is 1. The van der Waals surface area contributed by atoms with E-state index in [1.807, 2.05) is 0 Å². The molecule has 7 heteroatoms. The molecule has 1 aromatic heterocycles. The van der Waals surface area contributed by atoms with Crippen molar-refractivity contribution in [3.63, 3.8) is 0 Å². The van der Waals surface area contributed by atoms with Gasteiger partial charge in [0, 0.05) is 12.3 Å². The van der Waals surface area contributed by atoms with Crippen LogP contribution in [0.4, 0.5) is 5.69 Å². The maximum atomic E-state index is 10.9. The number of rotatable bonds is 3. The Balaban J connectivity index is 2.83. The Hall–Kier alpha value is -2.70. The Kier molecular flexibility index (Phi) is 2.80. The lowest BCUT2D eigenvalue weighted by atomic mass is 10.1. The number of fused-ring (bicyclic) bond motifs is 1. The third kappa shape index (κ3) is 1.81. The van der Waals surface area contributed by atoms with Crippen LogP contribution in [0.3, 0.4) is 0 Å². The molecular formula is C11H8N2O5. The van der Waals surface area contributed by atoms with Gasteiger partial charge in [0.2, 0.25) is 0 Å². The number of carboxylic acids is 1. The summed E-state index contributed by atoms with van der Waals surface area (Å²) in [6.45, 7) is 0. The fourth-order valence-corrected chi connectivity index (χ4v) is 1.62. The second-order valence-corrected chi connectivity index (χ2v) is 3.47. The first-order valence-electron chi connectivity index (χ1n) is 4.89. The lowest BCUT2D eigenvalue weighted by Crippen LogP contribution is -1.99. The summed E-state index contributed by atoms with van der Waals surface area (Å²) in [4.78, 5) is 25.0. The lowest BCUT2D eigenvalue weighted by molar-refractivity contribution is -0.383. The van der Waals surface area contributed by atoms with Crippen molar-refractivity contribution in [2.45, 2.75) is 0 Å². The topological polar surface area (TPSA) is 103 Å². The number of hydrogen-bond acceptors (Lipinski definition) is 5. The van der Waals surface area contributed by atoms with Gasteiger partial charge in [-0.15, -0.1) is 0 Å². The van der Waals surface area contributed by atoms with Gasteiger partial charge in [-0.25, -0.2) is 4.79 Å². The minimum Gasteiger partial charge on any atom is -0.494 e. The Morgan fingerprint density at radius 2 is 2.22 bits per heavy atom. The molecule has 2 rings (SSSR count). The standard InChI is InChI=1S/C11H8N2O5/c1-18-9-3-2-8(13(16)17)7-4-6(11(14)15)5-12-10(7)9/h2-5H,1H3,(H,14,15). The Labute approximate surface area is 101 Å². The van der Waals surface area contributed by atoms with Crippen molar-refractivity contribution in [1.29, 1.82) is 0 Å². The van der Waals surface area contributed by atoms with Crippen LogP contribution >= 0.6 is 0 Å². The van der Waals surface area contributed by atoms with Crippen LogP contribution in [0.25, 0.3) is 10.9 Å². The second-order valence-electron chi connectivity index (χ2n) is 3.47. The van der Waals surface area contributed by atoms with Gasteiger partial charge in [-0.05, 0) is 12.1 Å². The van der Waals surface area contributed by atoms with E-state index in [9.17, 15) is 14.9 Å². The van der Waals surface area contributed by atoms with Gasteiger partial charge in [0.1, 0.15) is 11.3 Å². The minimum absolute atomic E-state index is 0.112. The lowest BCUT2D eigenvalue weighted by Gasteiger charge is -2.05. The molecule has 0 aliphatic rings. The fraction of sp³-hybridized carbons (Fsp3) is 0.0909. The number of benzene rings is 1. The number of nitro benzene ring substituents is 1. The van der Waals surface area contributed by atoms with Crippen molar-refractivity contribution in [2.75, 3.05) is 7.11 Å². The number of methoxy groups -OCH3 is 1. The van der Waals surface area contributed by atoms with Crippen molar-refractivity contribution in [2.24, 2.45) is 0 Å². The number of aromatic nitrogens is 1. The van der Waals surface area contributed by atoms with Crippen LogP contribution in [-0.2, 0) is 0 Å². The van der Waals surface area contributed by atoms with E-state index in [0.717, 1.165) is 6.20 Å². The number of ether oxygens (including phenoxy) is 1. The van der Waals surface area contributed by atoms with E-state index in [1.165, 1.54) is 25.3 Å². The zero-order valence-corrected chi connectivity index (χ0v) is 9.28. The maximum Gasteiger partial charge on any atom is 0.337 e. The molecule has 0 aliphatic carbocycles. The summed E-state index contributed by atoms with van der Waals surface area (Å²) in [7, 11) is 1.41. The third-order valence-corrected chi connectivity index (χ3v) is 2.45. The van der Waals surface area contributed by atoms with Crippen LogP contribution in [-0.4, -0.2) is 28.1 Å². The van der Waals surface area contributed by atoms with Crippen LogP contribution < -0.4 is 4.74 Å². The molecule has 0 spiro atoms. The van der Waals surface area contributed by atoms with Crippen molar-refractivity contribution in [3.8, 4) is 5.75 Å². The number of aromatic carboxylic acids is 1. The first-order chi connectivity index (χ1) is 8.54. The number of non-ortho nitro benzene ring substituents is 1. The van der Waals surface area contributed by atoms with E-state index < -0.39 is 10.9 Å². The van der Waals surface area contributed by atoms with Crippen molar-refractivity contribution in [3.05, 3.63) is 40.1 Å². The Bertz CT molecular complexity index is 653. The molecule has 0 fully saturated rings. The van der Waals surface area contributed by atoms with E-state index in [-0.39, 0.29) is 22.2 Å². The molecule has 0 saturated heterocycles. The van der Waals surface area contributed by atoms with Crippen LogP contribution in [0.5, 0.6) is 5.75 Å². The number of nitrogens with zero attached hydrogens (tertiary/aromatic N) is 2. The summed E-state index contributed by atoms with van der Waals surface area (Å²) in [5.41, 5.74) is -0.0584. The zero-order valence-electron chi connectivity index (χ0n) is 9.28. The number of carbonyl (C=O) groups is 1. The normalized spacial score (nSPS) is 10.3. The third-order valence-electron chi connectivity index (χ3n) is 2.45. The summed E-state index contributed by atoms with van der Waals surface area (Å²) in [6.07, 6.45) is 1.14. The van der Waals surface area contributed by atoms with E-state index in [1.54, 1.807) is 0 Å². The number of carboxylic acid groups (broad SMARTS) is 1. The average molecular weight is 248 g/mol. The molecule has 0 aliphatic heterocycles. The van der Waals surface area contributed by atoms with E-state index >= 15 is 0 Å². The van der Waals surface area contributed by atoms with Gasteiger partial charge in [0.25, 0.3) is 5.69 Å². The smallest absolute Gasteiger partial charge is 0.337 e. The fourth-order valence-electron chi connectivity index (χ4n) is 1.62. The number of pyridine rings is 1. The molecule has 2 aromatic rings. The number of hydrogen-bond donors (Lipinski definition) is 1. The molecule has 0 saturated carbocycles. The summed E-state index contributed by atoms with van der Waals surface area (Å²) in [6, 6.07) is 3.90. The second kappa shape index (κ2) is 4.28. The molecule has 1 N–H and O–H groups in total. The van der Waals surface area contributed by atoms with Crippen LogP contribution in [0, 0.1) is 10.1 Å². The summed E-state index contributed by atoms with van der Waals surface area (Å²) in [5.74, 6) is -0.839. The summed E-state index contributed by atoms with van der Waals surface area (Å²) < 4.78 is 5.03. The highest BCUT2D eigenvalue weighted by atomic mass is 16.6. The van der Waals surface area contributed by atoms with Gasteiger partial charge in [-0.3, -0.25) is 15.1 Å². The van der Waals surface area contributed by atoms with Crippen LogP contribution in [0.1, 0.15) is 10.4 Å². The summed E-state index contributed by atoms with van der Waals surface area (Å²) >= 11 is 0. The van der Waals surface area contributed by atoms with Crippen LogP contribution in [0.2, 0.25) is 0 Å². The van der Waals surface area contributed by atoms with Gasteiger partial charge in [0.05, 0.1) is 23.0 Å². The van der Waals surface area contributed by atoms with E-state index in [0.29, 0.717) is 5.75 Å². The molecule has 1 aromatic carbocycles. The van der Waals surface area contributed by atoms with Crippen molar-refractivity contribution < 1.29 is 19.6 Å². The molecule has 0 radical (unpaired) electrons. The van der Waals surface area contributed by atoms with Gasteiger partial charge in [0.15, 0.2) is 0 Å². The molecule has 1 heterocycles. The molecule has 0 atom stereocenters. The highest BCUT2D eigenvalue weighted by Crippen LogP contribution is 2.31. The Morgan fingerprint density at radius 1 is 1.50 bits per heavy atom. The first kappa shape index (κ1) is 11.8. The average Bonchev–Trinajstić information content (AvgIpc) is 2.36. The monoisotopic (exact) mass is 248 g/mol.